The fourth-order valence-corrected chi connectivity index (χ4v) is 2.53. The normalized spacial score (nSPS) is 14.1. The van der Waals surface area contributed by atoms with E-state index in [9.17, 15) is 0 Å². The molecule has 1 aromatic carbocycles. The molecular weight excluding hydrogens is 290 g/mol. The van der Waals surface area contributed by atoms with Crippen molar-refractivity contribution in [3.05, 3.63) is 36.4 Å². The summed E-state index contributed by atoms with van der Waals surface area (Å²) in [7, 11) is 3.85. The summed E-state index contributed by atoms with van der Waals surface area (Å²) >= 11 is 0. The van der Waals surface area contributed by atoms with Crippen molar-refractivity contribution in [3.8, 4) is 11.5 Å². The van der Waals surface area contributed by atoms with Crippen LogP contribution in [0.25, 0.3) is 0 Å². The number of nitrogens with one attached hydrogen (secondary N) is 1. The van der Waals surface area contributed by atoms with Crippen molar-refractivity contribution in [3.63, 3.8) is 0 Å². The number of allylic oxidation sites excluding steroid dienone is 1. The van der Waals surface area contributed by atoms with E-state index in [-0.39, 0.29) is 0 Å². The molecule has 126 valence electrons. The molecule has 0 amide bonds. The van der Waals surface area contributed by atoms with Crippen LogP contribution in [0.4, 0.5) is 0 Å². The van der Waals surface area contributed by atoms with Gasteiger partial charge in [-0.05, 0) is 18.9 Å². The van der Waals surface area contributed by atoms with Gasteiger partial charge < -0.3 is 19.7 Å². The third-order valence-corrected chi connectivity index (χ3v) is 3.77. The van der Waals surface area contributed by atoms with Crippen molar-refractivity contribution in [1.82, 2.24) is 10.2 Å². The van der Waals surface area contributed by atoms with Crippen LogP contribution in [0.15, 0.2) is 35.8 Å². The van der Waals surface area contributed by atoms with Crippen molar-refractivity contribution in [1.29, 1.82) is 0 Å². The van der Waals surface area contributed by atoms with Gasteiger partial charge in [-0.2, -0.15) is 0 Å². The van der Waals surface area contributed by atoms with E-state index in [4.69, 9.17) is 9.47 Å². The lowest BCUT2D eigenvalue weighted by molar-refractivity contribution is 0.296. The molecule has 0 bridgehead atoms. The van der Waals surface area contributed by atoms with Gasteiger partial charge in [0, 0.05) is 39.2 Å². The summed E-state index contributed by atoms with van der Waals surface area (Å²) in [5.74, 6) is 2.56. The number of benzene rings is 1. The highest BCUT2D eigenvalue weighted by atomic mass is 16.5. The van der Waals surface area contributed by atoms with Crippen LogP contribution in [0, 0.1) is 0 Å². The van der Waals surface area contributed by atoms with Gasteiger partial charge in [0.05, 0.1) is 13.2 Å². The first-order valence-electron chi connectivity index (χ1n) is 8.16. The van der Waals surface area contributed by atoms with Gasteiger partial charge in [-0.3, -0.25) is 4.99 Å². The molecule has 5 heteroatoms. The molecule has 0 atom stereocenters. The molecule has 0 spiro atoms. The fourth-order valence-electron chi connectivity index (χ4n) is 2.53. The monoisotopic (exact) mass is 317 g/mol. The van der Waals surface area contributed by atoms with Crippen LogP contribution in [0.2, 0.25) is 0 Å². The van der Waals surface area contributed by atoms with Gasteiger partial charge in [0.25, 0.3) is 0 Å². The smallest absolute Gasteiger partial charge is 0.193 e. The van der Waals surface area contributed by atoms with Crippen LogP contribution in [0.3, 0.4) is 0 Å². The zero-order valence-electron chi connectivity index (χ0n) is 14.2. The maximum absolute atomic E-state index is 5.86. The third-order valence-electron chi connectivity index (χ3n) is 3.77. The van der Waals surface area contributed by atoms with E-state index < -0.39 is 0 Å². The largest absolute Gasteiger partial charge is 0.490 e. The molecule has 1 N–H and O–H groups in total. The first kappa shape index (κ1) is 17.2. The second-order valence-electron chi connectivity index (χ2n) is 5.55. The number of fused-ring (bicyclic) bond motifs is 1. The second-order valence-corrected chi connectivity index (χ2v) is 5.55. The Hall–Kier alpha value is -2.17. The Morgan fingerprint density at radius 3 is 3.00 bits per heavy atom. The van der Waals surface area contributed by atoms with Gasteiger partial charge in [-0.1, -0.05) is 18.2 Å². The molecule has 1 heterocycles. The molecule has 1 aromatic rings. The van der Waals surface area contributed by atoms with E-state index in [0.29, 0.717) is 19.8 Å². The fraction of sp³-hybridized carbons (Fsp3) is 0.500. The topological polar surface area (TPSA) is 46.1 Å². The van der Waals surface area contributed by atoms with Crippen molar-refractivity contribution in [2.24, 2.45) is 4.99 Å². The van der Waals surface area contributed by atoms with E-state index in [2.05, 4.69) is 27.9 Å². The van der Waals surface area contributed by atoms with Gasteiger partial charge in [0.15, 0.2) is 17.5 Å². The highest BCUT2D eigenvalue weighted by molar-refractivity contribution is 5.79. The molecule has 0 aliphatic carbocycles. The first-order chi connectivity index (χ1) is 11.3. The lowest BCUT2D eigenvalue weighted by atomic mass is 10.2. The van der Waals surface area contributed by atoms with Crippen LogP contribution in [-0.2, 0) is 6.54 Å². The average molecular weight is 317 g/mol. The number of unbranched alkanes of at least 4 members (excludes halogenated alkanes) is 1. The molecule has 23 heavy (non-hydrogen) atoms. The Morgan fingerprint density at radius 2 is 2.22 bits per heavy atom. The van der Waals surface area contributed by atoms with Gasteiger partial charge >= 0.3 is 0 Å². The molecule has 0 unspecified atom stereocenters. The maximum Gasteiger partial charge on any atom is 0.193 e. The highest BCUT2D eigenvalue weighted by Gasteiger charge is 2.15. The summed E-state index contributed by atoms with van der Waals surface area (Å²) in [6.07, 6.45) is 4.94. The number of ether oxygens (including phenoxy) is 2. The molecule has 0 saturated carbocycles. The van der Waals surface area contributed by atoms with Crippen molar-refractivity contribution >= 4 is 5.96 Å². The second kappa shape index (κ2) is 9.08. The number of hydrogen-bond acceptors (Lipinski definition) is 3. The summed E-state index contributed by atoms with van der Waals surface area (Å²) in [6, 6.07) is 6.02. The predicted octanol–water partition coefficient (Wildman–Crippen LogP) is 2.82. The van der Waals surface area contributed by atoms with Crippen LogP contribution < -0.4 is 14.8 Å². The van der Waals surface area contributed by atoms with Gasteiger partial charge in [-0.15, -0.1) is 6.58 Å². The zero-order chi connectivity index (χ0) is 16.5. The quantitative estimate of drug-likeness (QED) is 0.379. The summed E-state index contributed by atoms with van der Waals surface area (Å²) in [5.41, 5.74) is 1.09. The molecule has 2 rings (SSSR count). The predicted molar refractivity (Wildman–Crippen MR) is 94.3 cm³/mol. The molecule has 0 aromatic heterocycles. The number of nitrogens with zero attached hydrogens (tertiary/aromatic N) is 2. The van der Waals surface area contributed by atoms with E-state index in [1.165, 1.54) is 0 Å². The molecule has 0 saturated heterocycles. The Balaban J connectivity index is 1.98. The summed E-state index contributed by atoms with van der Waals surface area (Å²) in [6.45, 7) is 6.76. The zero-order valence-corrected chi connectivity index (χ0v) is 14.2. The van der Waals surface area contributed by atoms with E-state index in [1.54, 1.807) is 7.05 Å². The Labute approximate surface area is 139 Å². The number of guanidine groups is 1. The van der Waals surface area contributed by atoms with Crippen LogP contribution in [0.5, 0.6) is 11.5 Å². The Morgan fingerprint density at radius 1 is 1.39 bits per heavy atom. The minimum absolute atomic E-state index is 0.658. The third kappa shape index (κ3) is 4.91. The van der Waals surface area contributed by atoms with E-state index >= 15 is 0 Å². The summed E-state index contributed by atoms with van der Waals surface area (Å²) in [5, 5.41) is 3.40. The molecule has 1 aliphatic rings. The van der Waals surface area contributed by atoms with Crippen molar-refractivity contribution < 1.29 is 9.47 Å². The number of para-hydroxylation sites is 1. The van der Waals surface area contributed by atoms with Crippen LogP contribution in [-0.4, -0.2) is 44.7 Å². The van der Waals surface area contributed by atoms with E-state index in [1.807, 2.05) is 25.3 Å². The van der Waals surface area contributed by atoms with Crippen molar-refractivity contribution in [2.45, 2.75) is 25.8 Å². The standard InChI is InChI=1S/C18H27N3O2/c1-4-5-6-11-21(3)18(19-2)20-14-15-9-7-10-16-17(15)23-13-8-12-22-16/h4,7,9-10H,1,5-6,8,11-14H2,2-3H3,(H,19,20). The summed E-state index contributed by atoms with van der Waals surface area (Å²) in [4.78, 5) is 6.47. The average Bonchev–Trinajstić information content (AvgIpc) is 2.81. The van der Waals surface area contributed by atoms with Crippen LogP contribution >= 0.6 is 0 Å². The molecule has 0 radical (unpaired) electrons. The maximum atomic E-state index is 5.86. The van der Waals surface area contributed by atoms with Crippen molar-refractivity contribution in [2.75, 3.05) is 33.9 Å². The lowest BCUT2D eigenvalue weighted by Gasteiger charge is -2.22. The van der Waals surface area contributed by atoms with Gasteiger partial charge in [0.2, 0.25) is 0 Å². The first-order valence-corrected chi connectivity index (χ1v) is 8.16. The lowest BCUT2D eigenvalue weighted by Crippen LogP contribution is -2.39. The van der Waals surface area contributed by atoms with E-state index in [0.717, 1.165) is 48.8 Å². The SMILES string of the molecule is C=CCCCN(C)C(=NC)NCc1cccc2c1OCCCO2. The molecule has 5 nitrogen and oxygen atoms in total. The highest BCUT2D eigenvalue weighted by Crippen LogP contribution is 2.33. The molecule has 1 aliphatic heterocycles. The number of aliphatic imine (C=N–C) groups is 1. The molecular formula is C18H27N3O2. The Bertz CT molecular complexity index is 543. The minimum Gasteiger partial charge on any atom is -0.490 e. The van der Waals surface area contributed by atoms with Gasteiger partial charge in [0.1, 0.15) is 0 Å². The van der Waals surface area contributed by atoms with Crippen LogP contribution in [0.1, 0.15) is 24.8 Å². The Kier molecular flexibility index (Phi) is 6.78. The number of hydrogen-bond donors (Lipinski definition) is 1. The number of rotatable bonds is 6. The van der Waals surface area contributed by atoms with Gasteiger partial charge in [-0.25, -0.2) is 0 Å². The minimum atomic E-state index is 0.658. The molecule has 0 fully saturated rings. The summed E-state index contributed by atoms with van der Waals surface area (Å²) < 4.78 is 11.6.